The Kier molecular flexibility index (Phi) is 6.73. The van der Waals surface area contributed by atoms with Crippen molar-refractivity contribution in [2.45, 2.75) is 0 Å². The van der Waals surface area contributed by atoms with Crippen LogP contribution in [0.2, 0.25) is 0 Å². The van der Waals surface area contributed by atoms with Gasteiger partial charge in [0.1, 0.15) is 17.2 Å². The molecule has 0 radical (unpaired) electrons. The van der Waals surface area contributed by atoms with Crippen molar-refractivity contribution < 1.29 is 15.3 Å². The smallest absolute Gasteiger partial charge is 0.119 e. The Bertz CT molecular complexity index is 387. The molecule has 0 spiro atoms. The maximum absolute atomic E-state index is 8.65. The minimum absolute atomic E-state index is 0. The van der Waals surface area contributed by atoms with E-state index in [1.54, 1.807) is 30.3 Å². The standard InChI is InChI=1S/C6H6O2.C6H6O.H3P/c7-5-2-1-3-6(8)4-5;7-6-4-2-1-3-5-6;/h1-4,7-8H;1-5,7H;1H3. The Morgan fingerprint density at radius 1 is 0.562 bits per heavy atom. The van der Waals surface area contributed by atoms with Crippen molar-refractivity contribution in [3.63, 3.8) is 0 Å². The van der Waals surface area contributed by atoms with E-state index in [4.69, 9.17) is 15.3 Å². The number of rotatable bonds is 0. The molecule has 0 amide bonds. The summed E-state index contributed by atoms with van der Waals surface area (Å²) in [5.41, 5.74) is 0. The second-order valence-electron chi connectivity index (χ2n) is 2.86. The number of para-hydroxylation sites is 1. The predicted octanol–water partition coefficient (Wildman–Crippen LogP) is 2.55. The van der Waals surface area contributed by atoms with Crippen molar-refractivity contribution in [3.8, 4) is 17.2 Å². The van der Waals surface area contributed by atoms with E-state index < -0.39 is 0 Å². The fourth-order valence-corrected chi connectivity index (χ4v) is 0.921. The lowest BCUT2D eigenvalue weighted by Crippen LogP contribution is -1.61. The first-order valence-corrected chi connectivity index (χ1v) is 4.40. The minimum Gasteiger partial charge on any atom is -0.508 e. The van der Waals surface area contributed by atoms with E-state index in [1.165, 1.54) is 18.2 Å². The van der Waals surface area contributed by atoms with E-state index in [9.17, 15) is 0 Å². The summed E-state index contributed by atoms with van der Waals surface area (Å²) in [6, 6.07) is 14.6. The van der Waals surface area contributed by atoms with Crippen molar-refractivity contribution in [1.82, 2.24) is 0 Å². The highest BCUT2D eigenvalue weighted by Crippen LogP contribution is 2.14. The maximum Gasteiger partial charge on any atom is 0.119 e. The zero-order valence-corrected chi connectivity index (χ0v) is 10.2. The molecule has 0 aromatic heterocycles. The molecule has 2 rings (SSSR count). The molecule has 2 aromatic carbocycles. The first-order valence-electron chi connectivity index (χ1n) is 4.40. The molecule has 0 aliphatic rings. The first-order chi connectivity index (χ1) is 7.18. The number of phenolic OH excluding ortho intramolecular Hbond substituents is 3. The van der Waals surface area contributed by atoms with Gasteiger partial charge in [0.05, 0.1) is 0 Å². The summed E-state index contributed by atoms with van der Waals surface area (Å²) in [5.74, 6) is 0.498. The van der Waals surface area contributed by atoms with Crippen LogP contribution in [0.25, 0.3) is 0 Å². The molecule has 86 valence electrons. The van der Waals surface area contributed by atoms with Crippen LogP contribution < -0.4 is 0 Å². The van der Waals surface area contributed by atoms with E-state index in [0.29, 0.717) is 5.75 Å². The van der Waals surface area contributed by atoms with Gasteiger partial charge in [-0.25, -0.2) is 0 Å². The molecular formula is C12H15O3P. The largest absolute Gasteiger partial charge is 0.508 e. The number of benzene rings is 2. The van der Waals surface area contributed by atoms with Gasteiger partial charge in [-0.15, -0.1) is 0 Å². The monoisotopic (exact) mass is 238 g/mol. The summed E-state index contributed by atoms with van der Waals surface area (Å²) in [5, 5.41) is 25.9. The van der Waals surface area contributed by atoms with Gasteiger partial charge in [-0.2, -0.15) is 9.90 Å². The maximum atomic E-state index is 8.65. The fourth-order valence-electron chi connectivity index (χ4n) is 0.921. The van der Waals surface area contributed by atoms with Gasteiger partial charge in [0.15, 0.2) is 0 Å². The zero-order chi connectivity index (χ0) is 11.1. The molecule has 0 saturated carbocycles. The molecule has 16 heavy (non-hydrogen) atoms. The Morgan fingerprint density at radius 2 is 1.00 bits per heavy atom. The van der Waals surface area contributed by atoms with Gasteiger partial charge >= 0.3 is 0 Å². The lowest BCUT2D eigenvalue weighted by Gasteiger charge is -1.89. The van der Waals surface area contributed by atoms with E-state index in [2.05, 4.69) is 0 Å². The fraction of sp³-hybridized carbons (Fsp3) is 0. The van der Waals surface area contributed by atoms with Crippen molar-refractivity contribution in [1.29, 1.82) is 0 Å². The molecule has 0 saturated heterocycles. The molecule has 0 heterocycles. The molecule has 3 nitrogen and oxygen atoms in total. The molecule has 1 unspecified atom stereocenters. The van der Waals surface area contributed by atoms with Gasteiger partial charge in [-0.3, -0.25) is 0 Å². The van der Waals surface area contributed by atoms with Crippen LogP contribution in [-0.2, 0) is 0 Å². The summed E-state index contributed by atoms with van der Waals surface area (Å²) in [4.78, 5) is 0. The molecule has 0 bridgehead atoms. The van der Waals surface area contributed by atoms with E-state index in [-0.39, 0.29) is 21.4 Å². The van der Waals surface area contributed by atoms with Crippen LogP contribution in [0.4, 0.5) is 0 Å². The van der Waals surface area contributed by atoms with Crippen LogP contribution in [0, 0.1) is 0 Å². The molecule has 4 heteroatoms. The minimum atomic E-state index is 0. The number of hydrogen-bond donors (Lipinski definition) is 3. The summed E-state index contributed by atoms with van der Waals surface area (Å²) in [6.07, 6.45) is 0. The third-order valence-electron chi connectivity index (χ3n) is 1.59. The van der Waals surface area contributed by atoms with Gasteiger partial charge in [-0.1, -0.05) is 24.3 Å². The number of phenols is 3. The Hall–Kier alpha value is -1.73. The quantitative estimate of drug-likeness (QED) is 0.618. The number of hydrogen-bond acceptors (Lipinski definition) is 3. The van der Waals surface area contributed by atoms with Gasteiger partial charge in [0.25, 0.3) is 0 Å². The van der Waals surface area contributed by atoms with Gasteiger partial charge in [0, 0.05) is 6.07 Å². The lowest BCUT2D eigenvalue weighted by atomic mass is 10.3. The first kappa shape index (κ1) is 14.3. The Morgan fingerprint density at radius 3 is 1.25 bits per heavy atom. The van der Waals surface area contributed by atoms with E-state index >= 15 is 0 Å². The summed E-state index contributed by atoms with van der Waals surface area (Å²) in [7, 11) is 0. The zero-order valence-electron chi connectivity index (χ0n) is 8.74. The third kappa shape index (κ3) is 5.89. The average Bonchev–Trinajstić information content (AvgIpc) is 2.19. The summed E-state index contributed by atoms with van der Waals surface area (Å²) < 4.78 is 0. The molecule has 3 N–H and O–H groups in total. The topological polar surface area (TPSA) is 60.7 Å². The van der Waals surface area contributed by atoms with E-state index in [1.807, 2.05) is 6.07 Å². The van der Waals surface area contributed by atoms with Crippen molar-refractivity contribution in [2.75, 3.05) is 0 Å². The van der Waals surface area contributed by atoms with Crippen molar-refractivity contribution in [2.24, 2.45) is 0 Å². The Labute approximate surface area is 97.6 Å². The highest BCUT2D eigenvalue weighted by molar-refractivity contribution is 6.92. The molecule has 0 aliphatic heterocycles. The third-order valence-corrected chi connectivity index (χ3v) is 1.59. The number of aromatic hydroxyl groups is 3. The van der Waals surface area contributed by atoms with Crippen LogP contribution in [0.1, 0.15) is 0 Å². The van der Waals surface area contributed by atoms with Crippen molar-refractivity contribution >= 4 is 9.90 Å². The van der Waals surface area contributed by atoms with E-state index in [0.717, 1.165) is 0 Å². The van der Waals surface area contributed by atoms with Gasteiger partial charge in [0.2, 0.25) is 0 Å². The molecular weight excluding hydrogens is 223 g/mol. The molecule has 0 fully saturated rings. The molecule has 0 aliphatic carbocycles. The molecule has 1 atom stereocenters. The average molecular weight is 238 g/mol. The Balaban J connectivity index is 0.000000267. The second-order valence-corrected chi connectivity index (χ2v) is 2.86. The summed E-state index contributed by atoms with van der Waals surface area (Å²) in [6.45, 7) is 0. The SMILES string of the molecule is Oc1cccc(O)c1.Oc1ccccc1.P. The van der Waals surface area contributed by atoms with Crippen LogP contribution >= 0.6 is 9.90 Å². The summed E-state index contributed by atoms with van der Waals surface area (Å²) >= 11 is 0. The second kappa shape index (κ2) is 7.55. The van der Waals surface area contributed by atoms with Crippen LogP contribution in [-0.4, -0.2) is 15.3 Å². The van der Waals surface area contributed by atoms with Crippen LogP contribution in [0.15, 0.2) is 54.6 Å². The van der Waals surface area contributed by atoms with Crippen LogP contribution in [0.5, 0.6) is 17.2 Å². The van der Waals surface area contributed by atoms with Crippen LogP contribution in [0.3, 0.4) is 0 Å². The van der Waals surface area contributed by atoms with Gasteiger partial charge < -0.3 is 15.3 Å². The van der Waals surface area contributed by atoms with Gasteiger partial charge in [-0.05, 0) is 24.3 Å². The predicted molar refractivity (Wildman–Crippen MR) is 69.0 cm³/mol. The normalized spacial score (nSPS) is 8.25. The lowest BCUT2D eigenvalue weighted by molar-refractivity contribution is 0.450. The van der Waals surface area contributed by atoms with Crippen molar-refractivity contribution in [3.05, 3.63) is 54.6 Å². The highest BCUT2D eigenvalue weighted by atomic mass is 31.0. The molecule has 2 aromatic rings. The highest BCUT2D eigenvalue weighted by Gasteiger charge is 1.85.